The van der Waals surface area contributed by atoms with Crippen LogP contribution in [0.2, 0.25) is 0 Å². The zero-order valence-electron chi connectivity index (χ0n) is 15.5. The molecule has 3 amide bonds. The molecule has 1 aliphatic carbocycles. The average molecular weight is 372 g/mol. The maximum atomic E-state index is 12.2. The van der Waals surface area contributed by atoms with E-state index in [9.17, 15) is 14.4 Å². The third-order valence-electron chi connectivity index (χ3n) is 5.04. The summed E-state index contributed by atoms with van der Waals surface area (Å²) < 4.78 is 10.5. The van der Waals surface area contributed by atoms with Crippen LogP contribution in [0.5, 0.6) is 0 Å². The van der Waals surface area contributed by atoms with Crippen molar-refractivity contribution in [2.75, 3.05) is 6.61 Å². The molecule has 0 spiro atoms. The first kappa shape index (κ1) is 18.9. The van der Waals surface area contributed by atoms with Crippen molar-refractivity contribution < 1.29 is 23.5 Å². The van der Waals surface area contributed by atoms with E-state index in [-0.39, 0.29) is 11.8 Å². The SMILES string of the molecule is Cc1c(C(=O)OCC(=O)NC(=O)N[C@@H]2CCCC[C@@H]2C)oc2ccccc12. The van der Waals surface area contributed by atoms with Crippen LogP contribution in [0.25, 0.3) is 11.0 Å². The van der Waals surface area contributed by atoms with E-state index in [1.54, 1.807) is 19.1 Å². The number of rotatable bonds is 4. The largest absolute Gasteiger partial charge is 0.450 e. The van der Waals surface area contributed by atoms with Gasteiger partial charge in [-0.3, -0.25) is 10.1 Å². The van der Waals surface area contributed by atoms with Crippen LogP contribution in [0.4, 0.5) is 4.79 Å². The number of imide groups is 1. The monoisotopic (exact) mass is 372 g/mol. The number of hydrogen-bond acceptors (Lipinski definition) is 5. The van der Waals surface area contributed by atoms with E-state index in [0.717, 1.165) is 31.1 Å². The number of hydrogen-bond donors (Lipinski definition) is 2. The third kappa shape index (κ3) is 4.48. The lowest BCUT2D eigenvalue weighted by molar-refractivity contribution is -0.123. The summed E-state index contributed by atoms with van der Waals surface area (Å²) in [5, 5.41) is 5.83. The third-order valence-corrected chi connectivity index (χ3v) is 5.04. The summed E-state index contributed by atoms with van der Waals surface area (Å²) >= 11 is 0. The first-order valence-corrected chi connectivity index (χ1v) is 9.21. The second-order valence-corrected chi connectivity index (χ2v) is 7.02. The number of urea groups is 1. The van der Waals surface area contributed by atoms with Crippen molar-refractivity contribution in [3.05, 3.63) is 35.6 Å². The molecule has 0 radical (unpaired) electrons. The molecule has 0 saturated heterocycles. The van der Waals surface area contributed by atoms with E-state index in [1.807, 2.05) is 12.1 Å². The zero-order chi connectivity index (χ0) is 19.4. The van der Waals surface area contributed by atoms with Crippen LogP contribution in [0.1, 0.15) is 48.7 Å². The second kappa shape index (κ2) is 8.24. The van der Waals surface area contributed by atoms with Crippen LogP contribution < -0.4 is 10.6 Å². The minimum atomic E-state index is -0.736. The molecule has 144 valence electrons. The number of para-hydroxylation sites is 1. The highest BCUT2D eigenvalue weighted by Gasteiger charge is 2.24. The molecule has 0 bridgehead atoms. The van der Waals surface area contributed by atoms with Gasteiger partial charge in [0, 0.05) is 17.0 Å². The van der Waals surface area contributed by atoms with Gasteiger partial charge in [-0.05, 0) is 31.7 Å². The summed E-state index contributed by atoms with van der Waals surface area (Å²) in [5.41, 5.74) is 1.23. The van der Waals surface area contributed by atoms with Crippen molar-refractivity contribution in [3.63, 3.8) is 0 Å². The van der Waals surface area contributed by atoms with Crippen molar-refractivity contribution in [2.45, 2.75) is 45.6 Å². The fourth-order valence-electron chi connectivity index (χ4n) is 3.46. The summed E-state index contributed by atoms with van der Waals surface area (Å²) in [6, 6.07) is 6.75. The first-order chi connectivity index (χ1) is 13.0. The van der Waals surface area contributed by atoms with Crippen LogP contribution >= 0.6 is 0 Å². The van der Waals surface area contributed by atoms with Crippen LogP contribution in [0.15, 0.2) is 28.7 Å². The van der Waals surface area contributed by atoms with Gasteiger partial charge in [-0.2, -0.15) is 0 Å². The Morgan fingerprint density at radius 1 is 1.19 bits per heavy atom. The number of ether oxygens (including phenoxy) is 1. The molecular weight excluding hydrogens is 348 g/mol. The standard InChI is InChI=1S/C20H24N2O5/c1-12-7-3-5-9-15(12)21-20(25)22-17(23)11-26-19(24)18-13(2)14-8-4-6-10-16(14)27-18/h4,6,8,10,12,15H,3,5,7,9,11H2,1-2H3,(H2,21,22,23,25)/t12-,15+/m0/s1. The van der Waals surface area contributed by atoms with Gasteiger partial charge >= 0.3 is 12.0 Å². The Morgan fingerprint density at radius 3 is 2.67 bits per heavy atom. The molecule has 27 heavy (non-hydrogen) atoms. The zero-order valence-corrected chi connectivity index (χ0v) is 15.5. The van der Waals surface area contributed by atoms with Crippen molar-refractivity contribution in [1.29, 1.82) is 0 Å². The van der Waals surface area contributed by atoms with Crippen LogP contribution in [-0.2, 0) is 9.53 Å². The minimum absolute atomic E-state index is 0.0597. The van der Waals surface area contributed by atoms with Gasteiger partial charge in [-0.15, -0.1) is 0 Å². The predicted octanol–water partition coefficient (Wildman–Crippen LogP) is 3.30. The van der Waals surface area contributed by atoms with Gasteiger partial charge in [0.2, 0.25) is 5.76 Å². The fourth-order valence-corrected chi connectivity index (χ4v) is 3.46. The van der Waals surface area contributed by atoms with E-state index < -0.39 is 24.5 Å². The summed E-state index contributed by atoms with van der Waals surface area (Å²) in [5.74, 6) is -0.976. The van der Waals surface area contributed by atoms with Gasteiger partial charge in [0.25, 0.3) is 5.91 Å². The Balaban J connectivity index is 1.50. The molecule has 7 nitrogen and oxygen atoms in total. The number of carbonyl (C=O) groups is 3. The number of fused-ring (bicyclic) bond motifs is 1. The van der Waals surface area contributed by atoms with Gasteiger partial charge in [0.1, 0.15) is 5.58 Å². The van der Waals surface area contributed by atoms with E-state index in [2.05, 4.69) is 17.6 Å². The van der Waals surface area contributed by atoms with E-state index in [0.29, 0.717) is 17.1 Å². The number of aryl methyl sites for hydroxylation is 1. The molecule has 0 unspecified atom stereocenters. The van der Waals surface area contributed by atoms with E-state index >= 15 is 0 Å². The summed E-state index contributed by atoms with van der Waals surface area (Å²) in [7, 11) is 0. The molecule has 2 N–H and O–H groups in total. The van der Waals surface area contributed by atoms with Gasteiger partial charge in [0.15, 0.2) is 6.61 Å². The molecule has 3 rings (SSSR count). The lowest BCUT2D eigenvalue weighted by atomic mass is 9.86. The smallest absolute Gasteiger partial charge is 0.375 e. The second-order valence-electron chi connectivity index (χ2n) is 7.02. The molecule has 1 heterocycles. The van der Waals surface area contributed by atoms with Gasteiger partial charge in [-0.1, -0.05) is 38.0 Å². The van der Waals surface area contributed by atoms with Gasteiger partial charge in [-0.25, -0.2) is 9.59 Å². The Hall–Kier alpha value is -2.83. The fraction of sp³-hybridized carbons (Fsp3) is 0.450. The molecule has 2 atom stereocenters. The molecule has 7 heteroatoms. The number of amides is 3. The Bertz CT molecular complexity index is 857. The molecule has 1 aromatic heterocycles. The molecule has 1 fully saturated rings. The van der Waals surface area contributed by atoms with Crippen molar-refractivity contribution in [2.24, 2.45) is 5.92 Å². The van der Waals surface area contributed by atoms with E-state index in [1.165, 1.54) is 0 Å². The number of carbonyl (C=O) groups excluding carboxylic acids is 3. The Morgan fingerprint density at radius 2 is 1.93 bits per heavy atom. The quantitative estimate of drug-likeness (QED) is 0.803. The van der Waals surface area contributed by atoms with Crippen LogP contribution in [0, 0.1) is 12.8 Å². The molecule has 0 aliphatic heterocycles. The topological polar surface area (TPSA) is 97.6 Å². The van der Waals surface area contributed by atoms with Crippen molar-refractivity contribution in [3.8, 4) is 0 Å². The summed E-state index contributed by atoms with van der Waals surface area (Å²) in [6.45, 7) is 3.29. The molecule has 1 aromatic carbocycles. The van der Waals surface area contributed by atoms with Gasteiger partial charge in [0.05, 0.1) is 0 Å². The van der Waals surface area contributed by atoms with E-state index in [4.69, 9.17) is 9.15 Å². The van der Waals surface area contributed by atoms with Crippen LogP contribution in [-0.4, -0.2) is 30.6 Å². The summed E-state index contributed by atoms with van der Waals surface area (Å²) in [6.07, 6.45) is 4.20. The normalized spacial score (nSPS) is 19.5. The Kier molecular flexibility index (Phi) is 5.78. The average Bonchev–Trinajstić information content (AvgIpc) is 2.99. The maximum Gasteiger partial charge on any atom is 0.375 e. The molecule has 1 aliphatic rings. The van der Waals surface area contributed by atoms with Crippen molar-refractivity contribution in [1.82, 2.24) is 10.6 Å². The molecular formula is C20H24N2O5. The lowest BCUT2D eigenvalue weighted by Gasteiger charge is -2.29. The van der Waals surface area contributed by atoms with Crippen molar-refractivity contribution >= 4 is 28.9 Å². The predicted molar refractivity (Wildman–Crippen MR) is 99.3 cm³/mol. The highest BCUT2D eigenvalue weighted by atomic mass is 16.5. The Labute approximate surface area is 157 Å². The van der Waals surface area contributed by atoms with Gasteiger partial charge < -0.3 is 14.5 Å². The minimum Gasteiger partial charge on any atom is -0.450 e. The maximum absolute atomic E-state index is 12.2. The lowest BCUT2D eigenvalue weighted by Crippen LogP contribution is -2.48. The van der Waals surface area contributed by atoms with Crippen LogP contribution in [0.3, 0.4) is 0 Å². The molecule has 1 saturated carbocycles. The first-order valence-electron chi connectivity index (χ1n) is 9.21. The summed E-state index contributed by atoms with van der Waals surface area (Å²) in [4.78, 5) is 36.0. The molecule has 2 aromatic rings. The number of benzene rings is 1. The number of furan rings is 1. The number of nitrogens with one attached hydrogen (secondary N) is 2. The highest BCUT2D eigenvalue weighted by molar-refractivity contribution is 5.98. The number of esters is 1. The highest BCUT2D eigenvalue weighted by Crippen LogP contribution is 2.25.